The van der Waals surface area contributed by atoms with E-state index >= 15 is 0 Å². The molecule has 0 bridgehead atoms. The van der Waals surface area contributed by atoms with E-state index in [1.54, 1.807) is 0 Å². The van der Waals surface area contributed by atoms with Crippen LogP contribution in [0.4, 0.5) is 5.69 Å². The number of fused-ring (bicyclic) bond motifs is 1. The van der Waals surface area contributed by atoms with Gasteiger partial charge in [-0.2, -0.15) is 0 Å². The summed E-state index contributed by atoms with van der Waals surface area (Å²) in [6, 6.07) is 23.9. The lowest BCUT2D eigenvalue weighted by Gasteiger charge is -2.18. The molecule has 0 aliphatic carbocycles. The fourth-order valence-corrected chi connectivity index (χ4v) is 4.75. The number of para-hydroxylation sites is 2. The Morgan fingerprint density at radius 2 is 1.79 bits per heavy atom. The van der Waals surface area contributed by atoms with Crippen molar-refractivity contribution in [3.63, 3.8) is 0 Å². The highest BCUT2D eigenvalue weighted by Crippen LogP contribution is 2.33. The third-order valence-corrected chi connectivity index (χ3v) is 6.69. The Kier molecular flexibility index (Phi) is 6.54. The molecule has 1 unspecified atom stereocenters. The van der Waals surface area contributed by atoms with Crippen molar-refractivity contribution in [2.75, 3.05) is 18.1 Å². The van der Waals surface area contributed by atoms with Gasteiger partial charge < -0.3 is 14.2 Å². The van der Waals surface area contributed by atoms with Gasteiger partial charge in [-0.15, -0.1) is 0 Å². The minimum absolute atomic E-state index is 0.0583. The van der Waals surface area contributed by atoms with Crippen molar-refractivity contribution in [1.29, 1.82) is 0 Å². The molecule has 1 aromatic heterocycles. The smallest absolute Gasteiger partial charge is 0.227 e. The molecule has 0 N–H and O–H groups in total. The van der Waals surface area contributed by atoms with Gasteiger partial charge in [0.2, 0.25) is 5.91 Å². The molecule has 1 aliphatic heterocycles. The van der Waals surface area contributed by atoms with Crippen molar-refractivity contribution in [2.24, 2.45) is 0 Å². The van der Waals surface area contributed by atoms with Crippen molar-refractivity contribution in [2.45, 2.75) is 38.6 Å². The van der Waals surface area contributed by atoms with Crippen molar-refractivity contribution in [3.05, 3.63) is 89.2 Å². The number of amides is 1. The van der Waals surface area contributed by atoms with Crippen molar-refractivity contribution >= 4 is 34.2 Å². The third-order valence-electron chi connectivity index (χ3n) is 6.44. The van der Waals surface area contributed by atoms with Crippen LogP contribution in [0.2, 0.25) is 5.02 Å². The average molecular weight is 474 g/mol. The van der Waals surface area contributed by atoms with Crippen LogP contribution in [0.3, 0.4) is 0 Å². The van der Waals surface area contributed by atoms with E-state index in [2.05, 4.69) is 41.8 Å². The molecular formula is C28H28ClN3O2. The summed E-state index contributed by atoms with van der Waals surface area (Å²) in [5, 5.41) is 0.698. The van der Waals surface area contributed by atoms with Gasteiger partial charge in [0.25, 0.3) is 0 Å². The highest BCUT2D eigenvalue weighted by molar-refractivity contribution is 6.30. The molecule has 6 heteroatoms. The van der Waals surface area contributed by atoms with Gasteiger partial charge >= 0.3 is 0 Å². The van der Waals surface area contributed by atoms with Gasteiger partial charge in [-0.1, -0.05) is 42.8 Å². The van der Waals surface area contributed by atoms with Gasteiger partial charge in [-0.25, -0.2) is 4.98 Å². The van der Waals surface area contributed by atoms with E-state index in [1.165, 1.54) is 5.56 Å². The van der Waals surface area contributed by atoms with E-state index in [1.807, 2.05) is 47.4 Å². The SMILES string of the molecule is CCc1ccc(N2CC(c3nc4ccccc4n3CCCOc3ccc(Cl)cc3)CC2=O)cc1. The van der Waals surface area contributed by atoms with Crippen LogP contribution in [0.1, 0.15) is 37.1 Å². The van der Waals surface area contributed by atoms with Gasteiger partial charge in [0.15, 0.2) is 0 Å². The van der Waals surface area contributed by atoms with Crippen LogP contribution in [0.5, 0.6) is 5.75 Å². The maximum absolute atomic E-state index is 12.9. The molecule has 1 atom stereocenters. The summed E-state index contributed by atoms with van der Waals surface area (Å²) in [6.45, 7) is 4.15. The Hall–Kier alpha value is -3.31. The molecular weight excluding hydrogens is 446 g/mol. The summed E-state index contributed by atoms with van der Waals surface area (Å²) in [7, 11) is 0. The first-order valence-corrected chi connectivity index (χ1v) is 12.2. The summed E-state index contributed by atoms with van der Waals surface area (Å²) in [5.41, 5.74) is 4.30. The van der Waals surface area contributed by atoms with Crippen LogP contribution >= 0.6 is 11.6 Å². The topological polar surface area (TPSA) is 47.4 Å². The summed E-state index contributed by atoms with van der Waals surface area (Å²) >= 11 is 5.96. The molecule has 34 heavy (non-hydrogen) atoms. The molecule has 2 heterocycles. The molecule has 1 fully saturated rings. The Balaban J connectivity index is 1.33. The van der Waals surface area contributed by atoms with E-state index in [-0.39, 0.29) is 11.8 Å². The number of carbonyl (C=O) groups is 1. The lowest BCUT2D eigenvalue weighted by atomic mass is 10.1. The minimum Gasteiger partial charge on any atom is -0.494 e. The van der Waals surface area contributed by atoms with Crippen molar-refractivity contribution in [3.8, 4) is 5.75 Å². The molecule has 174 valence electrons. The van der Waals surface area contributed by atoms with Crippen LogP contribution in [0, 0.1) is 0 Å². The molecule has 0 spiro atoms. The van der Waals surface area contributed by atoms with E-state index in [4.69, 9.17) is 21.3 Å². The number of hydrogen-bond donors (Lipinski definition) is 0. The number of rotatable bonds is 8. The Labute approximate surface area is 204 Å². The first-order valence-electron chi connectivity index (χ1n) is 11.8. The fourth-order valence-electron chi connectivity index (χ4n) is 4.63. The van der Waals surface area contributed by atoms with Gasteiger partial charge in [0, 0.05) is 36.1 Å². The zero-order valence-corrected chi connectivity index (χ0v) is 20.0. The first-order chi connectivity index (χ1) is 16.6. The Bertz CT molecular complexity index is 1280. The second-order valence-electron chi connectivity index (χ2n) is 8.69. The molecule has 1 saturated heterocycles. The maximum atomic E-state index is 12.9. The number of anilines is 1. The van der Waals surface area contributed by atoms with Gasteiger partial charge in [0.05, 0.1) is 17.6 Å². The predicted octanol–water partition coefficient (Wildman–Crippen LogP) is 6.24. The number of aromatic nitrogens is 2. The van der Waals surface area contributed by atoms with Crippen molar-refractivity contribution in [1.82, 2.24) is 9.55 Å². The van der Waals surface area contributed by atoms with Gasteiger partial charge in [-0.3, -0.25) is 4.79 Å². The summed E-state index contributed by atoms with van der Waals surface area (Å²) in [6.07, 6.45) is 2.29. The highest BCUT2D eigenvalue weighted by atomic mass is 35.5. The maximum Gasteiger partial charge on any atom is 0.227 e. The van der Waals surface area contributed by atoms with E-state index in [0.717, 1.165) is 47.7 Å². The fraction of sp³-hybridized carbons (Fsp3) is 0.286. The van der Waals surface area contributed by atoms with Gasteiger partial charge in [0.1, 0.15) is 11.6 Å². The standard InChI is InChI=1S/C28H28ClN3O2/c1-2-20-8-12-23(13-9-20)32-19-21(18-27(32)33)28-30-25-6-3-4-7-26(25)31(28)16-5-17-34-24-14-10-22(29)11-15-24/h3-4,6-15,21H,2,5,16-19H2,1H3. The number of halogens is 1. The normalized spacial score (nSPS) is 15.9. The molecule has 1 aliphatic rings. The molecule has 5 rings (SSSR count). The predicted molar refractivity (Wildman–Crippen MR) is 137 cm³/mol. The largest absolute Gasteiger partial charge is 0.494 e. The molecule has 0 radical (unpaired) electrons. The lowest BCUT2D eigenvalue weighted by molar-refractivity contribution is -0.117. The zero-order chi connectivity index (χ0) is 23.5. The van der Waals surface area contributed by atoms with Crippen LogP contribution in [-0.2, 0) is 17.8 Å². The quantitative estimate of drug-likeness (QED) is 0.284. The molecule has 4 aromatic rings. The molecule has 5 nitrogen and oxygen atoms in total. The van der Waals surface area contributed by atoms with Crippen LogP contribution in [0.15, 0.2) is 72.8 Å². The second kappa shape index (κ2) is 9.90. The first kappa shape index (κ1) is 22.5. The number of benzene rings is 3. The van der Waals surface area contributed by atoms with Crippen molar-refractivity contribution < 1.29 is 9.53 Å². The Morgan fingerprint density at radius 1 is 1.03 bits per heavy atom. The minimum atomic E-state index is 0.0583. The molecule has 1 amide bonds. The second-order valence-corrected chi connectivity index (χ2v) is 9.13. The van der Waals surface area contributed by atoms with E-state index < -0.39 is 0 Å². The summed E-state index contributed by atoms with van der Waals surface area (Å²) < 4.78 is 8.16. The average Bonchev–Trinajstić information content (AvgIpc) is 3.43. The lowest BCUT2D eigenvalue weighted by Crippen LogP contribution is -2.24. The molecule has 0 saturated carbocycles. The number of nitrogens with zero attached hydrogens (tertiary/aromatic N) is 3. The number of carbonyl (C=O) groups excluding carboxylic acids is 1. The monoisotopic (exact) mass is 473 g/mol. The van der Waals surface area contributed by atoms with E-state index in [0.29, 0.717) is 24.6 Å². The summed E-state index contributed by atoms with van der Waals surface area (Å²) in [4.78, 5) is 19.8. The zero-order valence-electron chi connectivity index (χ0n) is 19.3. The highest BCUT2D eigenvalue weighted by Gasteiger charge is 2.34. The number of imidazole rings is 1. The third kappa shape index (κ3) is 4.66. The van der Waals surface area contributed by atoms with Gasteiger partial charge in [-0.05, 0) is 66.9 Å². The van der Waals surface area contributed by atoms with E-state index in [9.17, 15) is 4.79 Å². The number of ether oxygens (including phenoxy) is 1. The number of aryl methyl sites for hydroxylation is 2. The molecule has 3 aromatic carbocycles. The van der Waals surface area contributed by atoms with Crippen LogP contribution in [0.25, 0.3) is 11.0 Å². The Morgan fingerprint density at radius 3 is 2.56 bits per heavy atom. The van der Waals surface area contributed by atoms with Crippen LogP contribution < -0.4 is 9.64 Å². The van der Waals surface area contributed by atoms with Crippen LogP contribution in [-0.4, -0.2) is 28.6 Å². The number of hydrogen-bond acceptors (Lipinski definition) is 3. The summed E-state index contributed by atoms with van der Waals surface area (Å²) in [5.74, 6) is 2.00.